The second-order valence-electron chi connectivity index (χ2n) is 14.1. The maximum Gasteiger partial charge on any atom is 0.255 e. The van der Waals surface area contributed by atoms with Crippen molar-refractivity contribution in [2.45, 2.75) is 47.8 Å². The summed E-state index contributed by atoms with van der Waals surface area (Å²) in [7, 11) is 0. The van der Waals surface area contributed by atoms with Gasteiger partial charge in [-0.15, -0.1) is 0 Å². The molecule has 0 radical (unpaired) electrons. The van der Waals surface area contributed by atoms with E-state index < -0.39 is 15.2 Å². The number of anilines is 2. The van der Waals surface area contributed by atoms with Crippen LogP contribution in [0.1, 0.15) is 87.0 Å². The van der Waals surface area contributed by atoms with Crippen molar-refractivity contribution >= 4 is 168 Å². The molecule has 4 N–H and O–H groups in total. The number of carbonyl (C=O) groups excluding carboxylic acids is 3. The molecule has 0 aliphatic rings. The molecule has 6 rings (SSSR count). The average molecular weight is 1170 g/mol. The predicted octanol–water partition coefficient (Wildman–Crippen LogP) is 13.9. The zero-order chi connectivity index (χ0) is 50.0. The third kappa shape index (κ3) is 16.6. The van der Waals surface area contributed by atoms with Crippen LogP contribution in [-0.4, -0.2) is 59.3 Å². The Balaban J connectivity index is 0.000000261. The number of halogens is 12. The van der Waals surface area contributed by atoms with Gasteiger partial charge in [0.05, 0.1) is 0 Å². The van der Waals surface area contributed by atoms with Gasteiger partial charge in [-0.05, 0) is 103 Å². The summed E-state index contributed by atoms with van der Waals surface area (Å²) in [6.45, 7) is 2.76. The molecule has 358 valence electrons. The standard InChI is InChI=1S/C25H23Cl6N5O2.C18H10Cl6N4O2/c1-2-3-4-5-14-32-20(37)16-6-8-17(9-7-16)21(38)33-18-12-10-15(11-13-18)19-34-22(24(26,27)28)36-23(35-19)25(29,30)31;19-17(20,21)15-26-13(27-16(28-15)18(22,23)24)9-1-5-11(6-2-9)25-14(30)10-3-7-12(29)8-4-10/h6-13H,2-5,14H2,1H3,(H,32,37)(H,33,38);1-8,29H,(H,25,30). The molecule has 0 fully saturated rings. The molecule has 25 heteroatoms. The monoisotopic (exact) mass is 1160 g/mol. The van der Waals surface area contributed by atoms with Gasteiger partial charge in [-0.2, -0.15) is 0 Å². The third-order valence-electron chi connectivity index (χ3n) is 8.94. The van der Waals surface area contributed by atoms with Gasteiger partial charge in [0.1, 0.15) is 5.75 Å². The third-order valence-corrected chi connectivity index (χ3v) is 11.0. The molecule has 0 unspecified atom stereocenters. The van der Waals surface area contributed by atoms with Gasteiger partial charge in [0.2, 0.25) is 15.2 Å². The molecule has 0 saturated heterocycles. The van der Waals surface area contributed by atoms with Crippen LogP contribution in [0.15, 0.2) is 97.1 Å². The molecule has 0 bridgehead atoms. The molecule has 4 aromatic carbocycles. The van der Waals surface area contributed by atoms with Crippen LogP contribution in [0.5, 0.6) is 5.75 Å². The summed E-state index contributed by atoms with van der Waals surface area (Å²) in [6.07, 6.45) is 4.31. The molecule has 0 spiro atoms. The van der Waals surface area contributed by atoms with Gasteiger partial charge < -0.3 is 21.1 Å². The van der Waals surface area contributed by atoms with Crippen molar-refractivity contribution in [1.82, 2.24) is 35.2 Å². The number of nitrogens with one attached hydrogen (secondary N) is 3. The summed E-state index contributed by atoms with van der Waals surface area (Å²) in [5, 5.41) is 17.7. The van der Waals surface area contributed by atoms with E-state index in [1.165, 1.54) is 24.3 Å². The second-order valence-corrected chi connectivity index (χ2v) is 23.2. The van der Waals surface area contributed by atoms with Crippen molar-refractivity contribution in [3.8, 4) is 28.5 Å². The zero-order valence-corrected chi connectivity index (χ0v) is 43.7. The molecular weight excluding hydrogens is 1130 g/mol. The quantitative estimate of drug-likeness (QED) is 0.0679. The number of hydrogen-bond acceptors (Lipinski definition) is 10. The van der Waals surface area contributed by atoms with Crippen LogP contribution in [0.3, 0.4) is 0 Å². The minimum Gasteiger partial charge on any atom is -0.508 e. The summed E-state index contributed by atoms with van der Waals surface area (Å²) < 4.78 is -7.86. The maximum absolute atomic E-state index is 12.7. The summed E-state index contributed by atoms with van der Waals surface area (Å²) in [4.78, 5) is 61.7. The Bertz CT molecular complexity index is 2630. The van der Waals surface area contributed by atoms with Crippen LogP contribution >= 0.6 is 139 Å². The molecule has 0 atom stereocenters. The molecule has 3 amide bonds. The Kier molecular flexibility index (Phi) is 19.7. The van der Waals surface area contributed by atoms with Crippen molar-refractivity contribution in [3.63, 3.8) is 0 Å². The van der Waals surface area contributed by atoms with Gasteiger partial charge in [-0.25, -0.2) is 29.9 Å². The Morgan fingerprint density at radius 3 is 1.09 bits per heavy atom. The molecule has 0 saturated carbocycles. The number of amides is 3. The highest BCUT2D eigenvalue weighted by atomic mass is 35.6. The van der Waals surface area contributed by atoms with E-state index in [1.54, 1.807) is 72.8 Å². The first-order valence-electron chi connectivity index (χ1n) is 19.6. The number of phenolic OH excluding ortho intramolecular Hbond substituents is 1. The number of aromatic hydroxyl groups is 1. The summed E-state index contributed by atoms with van der Waals surface area (Å²) in [5.74, 6) is -1.40. The molecule has 6 aromatic rings. The van der Waals surface area contributed by atoms with E-state index in [2.05, 4.69) is 52.8 Å². The number of benzene rings is 4. The van der Waals surface area contributed by atoms with Crippen LogP contribution < -0.4 is 16.0 Å². The fraction of sp³-hybridized carbons (Fsp3) is 0.233. The topological polar surface area (TPSA) is 185 Å². The summed E-state index contributed by atoms with van der Waals surface area (Å²) >= 11 is 70.8. The lowest BCUT2D eigenvalue weighted by atomic mass is 10.1. The van der Waals surface area contributed by atoms with Crippen LogP contribution in [0, 0.1) is 0 Å². The van der Waals surface area contributed by atoms with E-state index in [-0.39, 0.29) is 58.4 Å². The Morgan fingerprint density at radius 2 is 0.765 bits per heavy atom. The van der Waals surface area contributed by atoms with Gasteiger partial charge in [-0.3, -0.25) is 14.4 Å². The Hall–Kier alpha value is -3.41. The highest BCUT2D eigenvalue weighted by molar-refractivity contribution is 6.68. The van der Waals surface area contributed by atoms with Gasteiger partial charge in [-0.1, -0.05) is 165 Å². The van der Waals surface area contributed by atoms with E-state index in [9.17, 15) is 19.5 Å². The number of rotatable bonds is 12. The van der Waals surface area contributed by atoms with Crippen LogP contribution in [0.2, 0.25) is 0 Å². The van der Waals surface area contributed by atoms with Crippen molar-refractivity contribution in [2.75, 3.05) is 17.2 Å². The van der Waals surface area contributed by atoms with Gasteiger partial charge in [0.15, 0.2) is 34.9 Å². The lowest BCUT2D eigenvalue weighted by molar-refractivity contribution is 0.0950. The lowest BCUT2D eigenvalue weighted by Crippen LogP contribution is -2.24. The van der Waals surface area contributed by atoms with Gasteiger partial charge in [0, 0.05) is 45.7 Å². The summed E-state index contributed by atoms with van der Waals surface area (Å²) in [5.41, 5.74) is 3.29. The average Bonchev–Trinajstić information content (AvgIpc) is 3.28. The molecular formula is C43H33Cl12N9O4. The molecule has 0 aliphatic carbocycles. The Morgan fingerprint density at radius 1 is 0.441 bits per heavy atom. The number of phenols is 1. The van der Waals surface area contributed by atoms with Crippen LogP contribution in [-0.2, 0) is 15.2 Å². The number of hydrogen-bond donors (Lipinski definition) is 4. The van der Waals surface area contributed by atoms with Crippen LogP contribution in [0.25, 0.3) is 22.8 Å². The first-order valence-corrected chi connectivity index (χ1v) is 24.2. The smallest absolute Gasteiger partial charge is 0.255 e. The van der Waals surface area contributed by atoms with Crippen molar-refractivity contribution < 1.29 is 19.5 Å². The lowest BCUT2D eigenvalue weighted by Gasteiger charge is -2.15. The van der Waals surface area contributed by atoms with E-state index in [0.29, 0.717) is 45.7 Å². The first-order chi connectivity index (χ1) is 31.8. The minimum atomic E-state index is -1.97. The van der Waals surface area contributed by atoms with Crippen molar-refractivity contribution in [3.05, 3.63) is 137 Å². The van der Waals surface area contributed by atoms with Crippen molar-refractivity contribution in [2.24, 2.45) is 0 Å². The van der Waals surface area contributed by atoms with Gasteiger partial charge in [0.25, 0.3) is 17.7 Å². The van der Waals surface area contributed by atoms with Crippen molar-refractivity contribution in [1.29, 1.82) is 0 Å². The predicted molar refractivity (Wildman–Crippen MR) is 274 cm³/mol. The normalized spacial score (nSPS) is 11.8. The van der Waals surface area contributed by atoms with E-state index >= 15 is 0 Å². The Labute approximate surface area is 449 Å². The molecule has 2 heterocycles. The number of carbonyl (C=O) groups is 3. The second kappa shape index (κ2) is 24.1. The fourth-order valence-electron chi connectivity index (χ4n) is 5.57. The fourth-order valence-corrected chi connectivity index (χ4v) is 6.58. The highest BCUT2D eigenvalue weighted by Gasteiger charge is 2.35. The van der Waals surface area contributed by atoms with Crippen LogP contribution in [0.4, 0.5) is 11.4 Å². The molecule has 68 heavy (non-hydrogen) atoms. The maximum atomic E-state index is 12.7. The highest BCUT2D eigenvalue weighted by Crippen LogP contribution is 2.42. The van der Waals surface area contributed by atoms with Gasteiger partial charge >= 0.3 is 0 Å². The SMILES string of the molecule is CCCCCCNC(=O)c1ccc(C(=O)Nc2ccc(-c3nc(C(Cl)(Cl)Cl)nc(C(Cl)(Cl)Cl)n3)cc2)cc1.O=C(Nc1ccc(-c2nc(C(Cl)(Cl)Cl)nc(C(Cl)(Cl)Cl)n2)cc1)c1ccc(O)cc1. The zero-order valence-electron chi connectivity index (χ0n) is 34.7. The largest absolute Gasteiger partial charge is 0.508 e. The van der Waals surface area contributed by atoms with E-state index in [4.69, 9.17) is 139 Å². The number of nitrogens with zero attached hydrogens (tertiary/aromatic N) is 6. The molecule has 2 aromatic heterocycles. The number of alkyl halides is 12. The first kappa shape index (κ1) is 55.5. The molecule has 0 aliphatic heterocycles. The number of aromatic nitrogens is 6. The minimum absolute atomic E-state index is 0.0664. The van der Waals surface area contributed by atoms with E-state index in [0.717, 1.165) is 25.7 Å². The molecule has 13 nitrogen and oxygen atoms in total. The van der Waals surface area contributed by atoms with E-state index in [1.807, 2.05) is 0 Å². The number of unbranched alkanes of at least 4 members (excludes halogenated alkanes) is 3. The summed E-state index contributed by atoms with van der Waals surface area (Å²) in [6, 6.07) is 25.3.